The lowest BCUT2D eigenvalue weighted by atomic mass is 10.0. The Morgan fingerprint density at radius 2 is 2.15 bits per heavy atom. The third-order valence-electron chi connectivity index (χ3n) is 4.09. The molecule has 2 rings (SSSR count). The van der Waals surface area contributed by atoms with E-state index < -0.39 is 0 Å². The number of hydrogen-bond donors (Lipinski definition) is 2. The first-order valence-electron chi connectivity index (χ1n) is 7.45. The van der Waals surface area contributed by atoms with Crippen molar-refractivity contribution in [1.82, 2.24) is 5.32 Å². The van der Waals surface area contributed by atoms with E-state index in [9.17, 15) is 4.79 Å². The average Bonchev–Trinajstić information content (AvgIpc) is 2.85. The second-order valence-electron chi connectivity index (χ2n) is 5.66. The quantitative estimate of drug-likeness (QED) is 0.774. The van der Waals surface area contributed by atoms with E-state index >= 15 is 0 Å². The summed E-state index contributed by atoms with van der Waals surface area (Å²) < 4.78 is 0. The van der Waals surface area contributed by atoms with Crippen molar-refractivity contribution < 1.29 is 4.79 Å². The Morgan fingerprint density at radius 1 is 1.40 bits per heavy atom. The monoisotopic (exact) mass is 275 g/mol. The Kier molecular flexibility index (Phi) is 5.01. The molecule has 0 aliphatic carbocycles. The number of fused-ring (bicyclic) bond motifs is 1. The number of hydrogen-bond acceptors (Lipinski definition) is 3. The third kappa shape index (κ3) is 3.51. The Balaban J connectivity index is 1.71. The number of carbonyl (C=O) groups excluding carboxylic acids is 1. The molecular weight excluding hydrogens is 250 g/mol. The molecular formula is C16H25N3O. The highest BCUT2D eigenvalue weighted by Gasteiger charge is 2.18. The van der Waals surface area contributed by atoms with Crippen LogP contribution in [0.15, 0.2) is 24.3 Å². The minimum Gasteiger partial charge on any atom is -0.371 e. The summed E-state index contributed by atoms with van der Waals surface area (Å²) in [5.74, 6) is -0.0654. The smallest absolute Gasteiger partial charge is 0.224 e. The molecule has 20 heavy (non-hydrogen) atoms. The summed E-state index contributed by atoms with van der Waals surface area (Å²) in [6, 6.07) is 8.46. The Hall–Kier alpha value is -1.55. The van der Waals surface area contributed by atoms with Gasteiger partial charge < -0.3 is 16.0 Å². The molecule has 4 heteroatoms. The fourth-order valence-corrected chi connectivity index (χ4v) is 2.52. The van der Waals surface area contributed by atoms with E-state index in [4.69, 9.17) is 5.73 Å². The molecule has 1 amide bonds. The SMILES string of the molecule is CC(N)C(C)C(=O)NCCCN1CCc2ccccc21. The zero-order chi connectivity index (χ0) is 14.5. The van der Waals surface area contributed by atoms with E-state index in [1.807, 2.05) is 13.8 Å². The van der Waals surface area contributed by atoms with Gasteiger partial charge in [-0.2, -0.15) is 0 Å². The van der Waals surface area contributed by atoms with Crippen LogP contribution in [0.2, 0.25) is 0 Å². The van der Waals surface area contributed by atoms with Crippen LogP contribution in [-0.2, 0) is 11.2 Å². The molecule has 4 nitrogen and oxygen atoms in total. The van der Waals surface area contributed by atoms with E-state index in [2.05, 4.69) is 34.5 Å². The van der Waals surface area contributed by atoms with Crippen LogP contribution >= 0.6 is 0 Å². The van der Waals surface area contributed by atoms with Gasteiger partial charge >= 0.3 is 0 Å². The van der Waals surface area contributed by atoms with Crippen LogP contribution in [0.1, 0.15) is 25.8 Å². The molecule has 2 atom stereocenters. The van der Waals surface area contributed by atoms with Crippen LogP contribution in [-0.4, -0.2) is 31.6 Å². The number of anilines is 1. The highest BCUT2D eigenvalue weighted by molar-refractivity contribution is 5.78. The lowest BCUT2D eigenvalue weighted by Gasteiger charge is -2.20. The summed E-state index contributed by atoms with van der Waals surface area (Å²) in [7, 11) is 0. The first-order chi connectivity index (χ1) is 9.59. The van der Waals surface area contributed by atoms with Crippen molar-refractivity contribution >= 4 is 11.6 Å². The molecule has 0 aromatic heterocycles. The van der Waals surface area contributed by atoms with Crippen LogP contribution in [0.4, 0.5) is 5.69 Å². The van der Waals surface area contributed by atoms with Crippen molar-refractivity contribution in [3.05, 3.63) is 29.8 Å². The summed E-state index contributed by atoms with van der Waals surface area (Å²) in [6.07, 6.45) is 2.09. The van der Waals surface area contributed by atoms with Gasteiger partial charge in [-0.05, 0) is 31.4 Å². The Labute approximate surface area is 121 Å². The Morgan fingerprint density at radius 3 is 2.90 bits per heavy atom. The van der Waals surface area contributed by atoms with Gasteiger partial charge in [-0.3, -0.25) is 4.79 Å². The number of carbonyl (C=O) groups is 1. The summed E-state index contributed by atoms with van der Waals surface area (Å²) in [6.45, 7) is 6.53. The first kappa shape index (κ1) is 14.9. The molecule has 1 aliphatic rings. The van der Waals surface area contributed by atoms with Gasteiger partial charge in [-0.15, -0.1) is 0 Å². The van der Waals surface area contributed by atoms with Gasteiger partial charge in [-0.1, -0.05) is 25.1 Å². The molecule has 1 heterocycles. The second-order valence-corrected chi connectivity index (χ2v) is 5.66. The van der Waals surface area contributed by atoms with E-state index in [1.54, 1.807) is 0 Å². The number of nitrogens with zero attached hydrogens (tertiary/aromatic N) is 1. The summed E-state index contributed by atoms with van der Waals surface area (Å²) in [5.41, 5.74) is 8.51. The lowest BCUT2D eigenvalue weighted by molar-refractivity contribution is -0.124. The molecule has 0 radical (unpaired) electrons. The van der Waals surface area contributed by atoms with Crippen molar-refractivity contribution in [2.45, 2.75) is 32.7 Å². The zero-order valence-electron chi connectivity index (χ0n) is 12.4. The highest BCUT2D eigenvalue weighted by atomic mass is 16.1. The van der Waals surface area contributed by atoms with E-state index in [-0.39, 0.29) is 17.9 Å². The second kappa shape index (κ2) is 6.75. The normalized spacial score (nSPS) is 16.6. The molecule has 110 valence electrons. The van der Waals surface area contributed by atoms with Crippen LogP contribution in [0.3, 0.4) is 0 Å². The van der Waals surface area contributed by atoms with E-state index in [0.29, 0.717) is 6.54 Å². The summed E-state index contributed by atoms with van der Waals surface area (Å²) in [4.78, 5) is 14.2. The minimum atomic E-state index is -0.123. The number of amides is 1. The standard InChI is InChI=1S/C16H25N3O/c1-12(13(2)17)16(20)18-9-5-10-19-11-8-14-6-3-4-7-15(14)19/h3-4,6-7,12-13H,5,8-11,17H2,1-2H3,(H,18,20). The molecule has 0 saturated carbocycles. The predicted molar refractivity (Wildman–Crippen MR) is 82.8 cm³/mol. The Bertz CT molecular complexity index is 459. The molecule has 1 aromatic rings. The lowest BCUT2D eigenvalue weighted by Crippen LogP contribution is -2.39. The number of benzene rings is 1. The maximum atomic E-state index is 11.8. The van der Waals surface area contributed by atoms with E-state index in [1.165, 1.54) is 11.3 Å². The molecule has 0 fully saturated rings. The van der Waals surface area contributed by atoms with Crippen LogP contribution in [0.25, 0.3) is 0 Å². The summed E-state index contributed by atoms with van der Waals surface area (Å²) >= 11 is 0. The van der Waals surface area contributed by atoms with Gasteiger partial charge in [-0.25, -0.2) is 0 Å². The zero-order valence-corrected chi connectivity index (χ0v) is 12.4. The summed E-state index contributed by atoms with van der Waals surface area (Å²) in [5, 5.41) is 2.97. The fourth-order valence-electron chi connectivity index (χ4n) is 2.52. The van der Waals surface area contributed by atoms with Gasteiger partial charge in [0, 0.05) is 37.3 Å². The van der Waals surface area contributed by atoms with Crippen molar-refractivity contribution in [2.24, 2.45) is 11.7 Å². The number of nitrogens with one attached hydrogen (secondary N) is 1. The van der Waals surface area contributed by atoms with Crippen molar-refractivity contribution in [3.63, 3.8) is 0 Å². The number of para-hydroxylation sites is 1. The predicted octanol–water partition coefficient (Wildman–Crippen LogP) is 1.54. The van der Waals surface area contributed by atoms with Crippen LogP contribution in [0, 0.1) is 5.92 Å². The van der Waals surface area contributed by atoms with Gasteiger partial charge in [0.1, 0.15) is 0 Å². The first-order valence-corrected chi connectivity index (χ1v) is 7.45. The van der Waals surface area contributed by atoms with Gasteiger partial charge in [0.25, 0.3) is 0 Å². The molecule has 1 aliphatic heterocycles. The molecule has 3 N–H and O–H groups in total. The average molecular weight is 275 g/mol. The van der Waals surface area contributed by atoms with Crippen molar-refractivity contribution in [1.29, 1.82) is 0 Å². The molecule has 0 saturated heterocycles. The van der Waals surface area contributed by atoms with Gasteiger partial charge in [0.05, 0.1) is 0 Å². The van der Waals surface area contributed by atoms with Crippen molar-refractivity contribution in [3.8, 4) is 0 Å². The molecule has 0 spiro atoms. The third-order valence-corrected chi connectivity index (χ3v) is 4.09. The molecule has 1 aromatic carbocycles. The maximum absolute atomic E-state index is 11.8. The van der Waals surface area contributed by atoms with Crippen LogP contribution < -0.4 is 16.0 Å². The molecule has 0 bridgehead atoms. The largest absolute Gasteiger partial charge is 0.371 e. The number of rotatable bonds is 6. The maximum Gasteiger partial charge on any atom is 0.224 e. The van der Waals surface area contributed by atoms with Crippen LogP contribution in [0.5, 0.6) is 0 Å². The van der Waals surface area contributed by atoms with E-state index in [0.717, 1.165) is 25.9 Å². The number of nitrogens with two attached hydrogens (primary N) is 1. The van der Waals surface area contributed by atoms with Gasteiger partial charge in [0.2, 0.25) is 5.91 Å². The fraction of sp³-hybridized carbons (Fsp3) is 0.562. The molecule has 2 unspecified atom stereocenters. The minimum absolute atomic E-state index is 0.0572. The topological polar surface area (TPSA) is 58.4 Å². The van der Waals surface area contributed by atoms with Gasteiger partial charge in [0.15, 0.2) is 0 Å². The van der Waals surface area contributed by atoms with Crippen molar-refractivity contribution in [2.75, 3.05) is 24.5 Å². The highest BCUT2D eigenvalue weighted by Crippen LogP contribution is 2.27.